The highest BCUT2D eigenvalue weighted by molar-refractivity contribution is 14.0. The van der Waals surface area contributed by atoms with Crippen LogP contribution in [0, 0.1) is 5.92 Å². The second-order valence-corrected chi connectivity index (χ2v) is 9.26. The van der Waals surface area contributed by atoms with E-state index in [2.05, 4.69) is 53.2 Å². The molecule has 0 aromatic heterocycles. The van der Waals surface area contributed by atoms with Crippen molar-refractivity contribution in [3.8, 4) is 0 Å². The fourth-order valence-electron chi connectivity index (χ4n) is 4.53. The molecule has 0 amide bonds. The van der Waals surface area contributed by atoms with E-state index in [9.17, 15) is 0 Å². The zero-order chi connectivity index (χ0) is 20.9. The summed E-state index contributed by atoms with van der Waals surface area (Å²) in [5.74, 6) is 1.63. The van der Waals surface area contributed by atoms with Crippen LogP contribution in [-0.2, 0) is 0 Å². The number of likely N-dealkylation sites (N-methyl/N-ethyl adjacent to an activating group) is 1. The van der Waals surface area contributed by atoms with E-state index in [-0.39, 0.29) is 24.0 Å². The van der Waals surface area contributed by atoms with Crippen LogP contribution in [-0.4, -0.2) is 99.2 Å². The maximum atomic E-state index is 4.98. The molecule has 0 aromatic carbocycles. The van der Waals surface area contributed by atoms with Crippen molar-refractivity contribution in [2.75, 3.05) is 72.5 Å². The Morgan fingerprint density at radius 1 is 0.900 bits per heavy atom. The van der Waals surface area contributed by atoms with Crippen LogP contribution in [0.25, 0.3) is 0 Å². The first-order chi connectivity index (χ1) is 14.1. The van der Waals surface area contributed by atoms with Gasteiger partial charge in [0, 0.05) is 32.2 Å². The van der Waals surface area contributed by atoms with E-state index in [1.54, 1.807) is 0 Å². The minimum absolute atomic E-state index is 0. The van der Waals surface area contributed by atoms with Gasteiger partial charge in [-0.2, -0.15) is 0 Å². The molecule has 0 aliphatic carbocycles. The number of halogens is 1. The van der Waals surface area contributed by atoms with Gasteiger partial charge < -0.3 is 20.4 Å². The lowest BCUT2D eigenvalue weighted by Gasteiger charge is -2.32. The molecule has 0 bridgehead atoms. The van der Waals surface area contributed by atoms with Crippen molar-refractivity contribution in [2.45, 2.75) is 65.3 Å². The zero-order valence-corrected chi connectivity index (χ0v) is 22.5. The number of hydrogen-bond donors (Lipinski definition) is 2. The van der Waals surface area contributed by atoms with Gasteiger partial charge in [0.25, 0.3) is 0 Å². The molecular formula is C23H49IN6. The second-order valence-electron chi connectivity index (χ2n) is 9.26. The summed E-state index contributed by atoms with van der Waals surface area (Å²) in [6.45, 7) is 18.2. The van der Waals surface area contributed by atoms with Gasteiger partial charge in [-0.15, -0.1) is 24.0 Å². The van der Waals surface area contributed by atoms with Gasteiger partial charge >= 0.3 is 0 Å². The predicted octanol–water partition coefficient (Wildman–Crippen LogP) is 3.09. The van der Waals surface area contributed by atoms with Crippen molar-refractivity contribution in [3.63, 3.8) is 0 Å². The van der Waals surface area contributed by atoms with E-state index < -0.39 is 0 Å². The van der Waals surface area contributed by atoms with Crippen molar-refractivity contribution in [3.05, 3.63) is 0 Å². The fraction of sp³-hybridized carbons (Fsp3) is 0.957. The van der Waals surface area contributed by atoms with E-state index in [1.165, 1.54) is 84.3 Å². The molecule has 2 heterocycles. The molecule has 2 rings (SSSR count). The lowest BCUT2D eigenvalue weighted by atomic mass is 10.0. The Morgan fingerprint density at radius 3 is 2.30 bits per heavy atom. The topological polar surface area (TPSA) is 46.1 Å². The fourth-order valence-corrected chi connectivity index (χ4v) is 4.53. The Kier molecular flexibility index (Phi) is 15.4. The molecule has 2 aliphatic rings. The van der Waals surface area contributed by atoms with Crippen LogP contribution in [0.4, 0.5) is 0 Å². The van der Waals surface area contributed by atoms with E-state index in [0.29, 0.717) is 12.0 Å². The summed E-state index contributed by atoms with van der Waals surface area (Å²) in [6, 6.07) is 0.553. The molecule has 0 radical (unpaired) electrons. The summed E-state index contributed by atoms with van der Waals surface area (Å²) in [6.07, 6.45) is 7.94. The lowest BCUT2D eigenvalue weighted by Crippen LogP contribution is -2.44. The number of guanidine groups is 1. The smallest absolute Gasteiger partial charge is 0.191 e. The van der Waals surface area contributed by atoms with Crippen LogP contribution >= 0.6 is 24.0 Å². The third-order valence-corrected chi connectivity index (χ3v) is 6.42. The van der Waals surface area contributed by atoms with Crippen molar-refractivity contribution in [1.29, 1.82) is 0 Å². The van der Waals surface area contributed by atoms with Gasteiger partial charge in [-0.25, -0.2) is 0 Å². The molecule has 2 aliphatic heterocycles. The highest BCUT2D eigenvalue weighted by Crippen LogP contribution is 2.17. The normalized spacial score (nSPS) is 21.6. The molecule has 2 saturated heterocycles. The van der Waals surface area contributed by atoms with E-state index >= 15 is 0 Å². The van der Waals surface area contributed by atoms with E-state index in [1.807, 2.05) is 0 Å². The van der Waals surface area contributed by atoms with Crippen LogP contribution in [0.5, 0.6) is 0 Å². The Morgan fingerprint density at radius 2 is 1.63 bits per heavy atom. The van der Waals surface area contributed by atoms with Gasteiger partial charge in [0.05, 0.1) is 6.54 Å². The SMILES string of the molecule is CCNC(=NCC(C(C)C)N1CCCCCC1)NCCCN1CCCN(C)CC1.I. The molecule has 7 heteroatoms. The molecule has 178 valence electrons. The number of rotatable bonds is 9. The van der Waals surface area contributed by atoms with Gasteiger partial charge in [-0.05, 0) is 78.3 Å². The highest BCUT2D eigenvalue weighted by atomic mass is 127. The minimum Gasteiger partial charge on any atom is -0.357 e. The summed E-state index contributed by atoms with van der Waals surface area (Å²) in [5, 5.41) is 7.02. The van der Waals surface area contributed by atoms with Crippen molar-refractivity contribution in [1.82, 2.24) is 25.3 Å². The number of aliphatic imine (C=N–C) groups is 1. The molecular weight excluding hydrogens is 487 g/mol. The highest BCUT2D eigenvalue weighted by Gasteiger charge is 2.22. The summed E-state index contributed by atoms with van der Waals surface area (Å²) in [5.41, 5.74) is 0. The van der Waals surface area contributed by atoms with Crippen LogP contribution in [0.3, 0.4) is 0 Å². The molecule has 30 heavy (non-hydrogen) atoms. The summed E-state index contributed by atoms with van der Waals surface area (Å²) >= 11 is 0. The van der Waals surface area contributed by atoms with Crippen molar-refractivity contribution in [2.24, 2.45) is 10.9 Å². The summed E-state index contributed by atoms with van der Waals surface area (Å²) in [4.78, 5) is 12.7. The molecule has 1 unspecified atom stereocenters. The standard InChI is InChI=1S/C23H48N6.HI/c1-5-24-23(25-12-10-14-28-15-11-13-27(4)18-19-28)26-20-22(21(2)3)29-16-8-6-7-9-17-29;/h21-22H,5-20H2,1-4H3,(H2,24,25,26);1H. The number of hydrogen-bond acceptors (Lipinski definition) is 4. The number of nitrogens with zero attached hydrogens (tertiary/aromatic N) is 4. The Balaban J connectivity index is 0.00000450. The van der Waals surface area contributed by atoms with Crippen molar-refractivity contribution < 1.29 is 0 Å². The lowest BCUT2D eigenvalue weighted by molar-refractivity contribution is 0.166. The molecule has 0 aromatic rings. The Bertz CT molecular complexity index is 451. The van der Waals surface area contributed by atoms with Gasteiger partial charge in [-0.1, -0.05) is 26.7 Å². The van der Waals surface area contributed by atoms with E-state index in [0.717, 1.165) is 25.6 Å². The average molecular weight is 537 g/mol. The monoisotopic (exact) mass is 536 g/mol. The maximum Gasteiger partial charge on any atom is 0.191 e. The van der Waals surface area contributed by atoms with Gasteiger partial charge in [0.1, 0.15) is 0 Å². The maximum absolute atomic E-state index is 4.98. The van der Waals surface area contributed by atoms with Crippen LogP contribution in [0.2, 0.25) is 0 Å². The second kappa shape index (κ2) is 16.5. The molecule has 0 saturated carbocycles. The average Bonchev–Trinajstić information content (AvgIpc) is 3.08. The van der Waals surface area contributed by atoms with Crippen LogP contribution < -0.4 is 10.6 Å². The first-order valence-electron chi connectivity index (χ1n) is 12.3. The first kappa shape index (κ1) is 27.9. The molecule has 0 spiro atoms. The van der Waals surface area contributed by atoms with Gasteiger partial charge in [0.2, 0.25) is 0 Å². The van der Waals surface area contributed by atoms with Crippen molar-refractivity contribution >= 4 is 29.9 Å². The molecule has 1 atom stereocenters. The third kappa shape index (κ3) is 11.0. The van der Waals surface area contributed by atoms with Gasteiger partial charge in [0.15, 0.2) is 5.96 Å². The quantitative estimate of drug-likeness (QED) is 0.205. The minimum atomic E-state index is 0. The van der Waals surface area contributed by atoms with E-state index in [4.69, 9.17) is 4.99 Å². The summed E-state index contributed by atoms with van der Waals surface area (Å²) < 4.78 is 0. The Hall–Kier alpha value is -0.120. The first-order valence-corrected chi connectivity index (χ1v) is 12.3. The molecule has 6 nitrogen and oxygen atoms in total. The predicted molar refractivity (Wildman–Crippen MR) is 141 cm³/mol. The summed E-state index contributed by atoms with van der Waals surface area (Å²) in [7, 11) is 2.24. The zero-order valence-electron chi connectivity index (χ0n) is 20.2. The molecule has 2 fully saturated rings. The number of nitrogens with one attached hydrogen (secondary N) is 2. The number of likely N-dealkylation sites (tertiary alicyclic amines) is 1. The van der Waals surface area contributed by atoms with Crippen LogP contribution in [0.1, 0.15) is 59.3 Å². The van der Waals surface area contributed by atoms with Crippen LogP contribution in [0.15, 0.2) is 4.99 Å². The Labute approximate surface area is 203 Å². The molecule has 2 N–H and O–H groups in total. The third-order valence-electron chi connectivity index (χ3n) is 6.42. The van der Waals surface area contributed by atoms with Gasteiger partial charge in [-0.3, -0.25) is 9.89 Å². The largest absolute Gasteiger partial charge is 0.357 e.